The van der Waals surface area contributed by atoms with Gasteiger partial charge in [0.25, 0.3) is 0 Å². The van der Waals surface area contributed by atoms with Crippen molar-refractivity contribution in [2.75, 3.05) is 20.2 Å². The Morgan fingerprint density at radius 1 is 1.13 bits per heavy atom. The number of rotatable bonds is 7. The smallest absolute Gasteiger partial charge is 0.188 e. The van der Waals surface area contributed by atoms with Crippen LogP contribution in [0.3, 0.4) is 0 Å². The van der Waals surface area contributed by atoms with E-state index in [9.17, 15) is 4.39 Å². The van der Waals surface area contributed by atoms with Gasteiger partial charge in [-0.1, -0.05) is 36.4 Å². The first-order chi connectivity index (χ1) is 11.2. The van der Waals surface area contributed by atoms with Gasteiger partial charge >= 0.3 is 0 Å². The molecule has 0 amide bonds. The van der Waals surface area contributed by atoms with E-state index in [1.165, 1.54) is 18.7 Å². The number of aliphatic imine (C=N–C) groups is 1. The summed E-state index contributed by atoms with van der Waals surface area (Å²) < 4.78 is 18.3. The summed E-state index contributed by atoms with van der Waals surface area (Å²) in [5, 5.41) is 3.06. The average molecular weight is 315 g/mol. The van der Waals surface area contributed by atoms with Gasteiger partial charge < -0.3 is 15.8 Å². The lowest BCUT2D eigenvalue weighted by Gasteiger charge is -2.08. The Labute approximate surface area is 136 Å². The van der Waals surface area contributed by atoms with Crippen molar-refractivity contribution >= 4 is 5.96 Å². The van der Waals surface area contributed by atoms with E-state index < -0.39 is 0 Å². The maximum atomic E-state index is 13.3. The fourth-order valence-electron chi connectivity index (χ4n) is 2.20. The lowest BCUT2D eigenvalue weighted by Crippen LogP contribution is -2.33. The highest BCUT2D eigenvalue weighted by Gasteiger charge is 2.03. The second-order valence-electron chi connectivity index (χ2n) is 5.15. The molecule has 0 saturated heterocycles. The van der Waals surface area contributed by atoms with Gasteiger partial charge in [-0.3, -0.25) is 4.99 Å². The van der Waals surface area contributed by atoms with Crippen molar-refractivity contribution in [2.24, 2.45) is 10.7 Å². The monoisotopic (exact) mass is 315 g/mol. The first kappa shape index (κ1) is 16.8. The van der Waals surface area contributed by atoms with Gasteiger partial charge in [-0.2, -0.15) is 0 Å². The predicted molar refractivity (Wildman–Crippen MR) is 91.3 cm³/mol. The highest BCUT2D eigenvalue weighted by atomic mass is 19.1. The molecule has 0 aliphatic carbocycles. The van der Waals surface area contributed by atoms with E-state index in [-0.39, 0.29) is 11.6 Å². The minimum atomic E-state index is -0.355. The number of ether oxygens (including phenoxy) is 1. The second kappa shape index (κ2) is 8.78. The maximum absolute atomic E-state index is 13.3. The van der Waals surface area contributed by atoms with Crippen molar-refractivity contribution in [3.05, 3.63) is 65.5 Å². The summed E-state index contributed by atoms with van der Waals surface area (Å²) in [5.41, 5.74) is 8.05. The van der Waals surface area contributed by atoms with E-state index in [1.807, 2.05) is 18.2 Å². The van der Waals surface area contributed by atoms with E-state index in [2.05, 4.69) is 22.4 Å². The van der Waals surface area contributed by atoms with Crippen molar-refractivity contribution in [1.82, 2.24) is 5.32 Å². The van der Waals surface area contributed by atoms with Crippen LogP contribution in [0, 0.1) is 5.82 Å². The molecule has 0 fully saturated rings. The van der Waals surface area contributed by atoms with E-state index in [0.717, 1.165) is 12.0 Å². The molecular formula is C18H22FN3O. The lowest BCUT2D eigenvalue weighted by atomic mass is 10.1. The minimum Gasteiger partial charge on any atom is -0.494 e. The van der Waals surface area contributed by atoms with Crippen LogP contribution in [0.4, 0.5) is 4.39 Å². The van der Waals surface area contributed by atoms with Crippen LogP contribution in [0.1, 0.15) is 11.1 Å². The number of nitrogens with one attached hydrogen (secondary N) is 1. The van der Waals surface area contributed by atoms with E-state index in [0.29, 0.717) is 25.5 Å². The average Bonchev–Trinajstić information content (AvgIpc) is 2.57. The molecule has 122 valence electrons. The van der Waals surface area contributed by atoms with Gasteiger partial charge in [0.15, 0.2) is 17.5 Å². The normalized spacial score (nSPS) is 11.3. The molecule has 5 heteroatoms. The Morgan fingerprint density at radius 3 is 2.65 bits per heavy atom. The number of guanidine groups is 1. The van der Waals surface area contributed by atoms with E-state index in [4.69, 9.17) is 10.5 Å². The molecule has 0 spiro atoms. The third-order valence-corrected chi connectivity index (χ3v) is 3.46. The largest absolute Gasteiger partial charge is 0.494 e. The van der Waals surface area contributed by atoms with Gasteiger partial charge in [0.2, 0.25) is 0 Å². The highest BCUT2D eigenvalue weighted by molar-refractivity contribution is 5.77. The number of nitrogens with two attached hydrogens (primary N) is 1. The van der Waals surface area contributed by atoms with Gasteiger partial charge in [0.05, 0.1) is 7.11 Å². The number of nitrogens with zero attached hydrogens (tertiary/aromatic N) is 1. The van der Waals surface area contributed by atoms with Crippen LogP contribution in [0.5, 0.6) is 5.75 Å². The topological polar surface area (TPSA) is 59.6 Å². The molecule has 0 atom stereocenters. The lowest BCUT2D eigenvalue weighted by molar-refractivity contribution is 0.386. The standard InChI is InChI=1S/C18H22FN3O/c1-23-17-13-15(7-8-16(17)19)10-12-22-18(20)21-11-9-14-5-3-2-4-6-14/h2-8,13H,9-12H2,1H3,(H3,20,21,22). The first-order valence-electron chi connectivity index (χ1n) is 7.59. The van der Waals surface area contributed by atoms with Crippen LogP contribution in [-0.4, -0.2) is 26.2 Å². The van der Waals surface area contributed by atoms with E-state index >= 15 is 0 Å². The number of benzene rings is 2. The summed E-state index contributed by atoms with van der Waals surface area (Å²) >= 11 is 0. The molecule has 0 unspecified atom stereocenters. The zero-order chi connectivity index (χ0) is 16.5. The Kier molecular flexibility index (Phi) is 6.41. The molecule has 0 aliphatic heterocycles. The number of methoxy groups -OCH3 is 1. The number of hydrogen-bond acceptors (Lipinski definition) is 2. The Hall–Kier alpha value is -2.56. The van der Waals surface area contributed by atoms with Crippen molar-refractivity contribution < 1.29 is 9.13 Å². The molecule has 0 saturated carbocycles. The third-order valence-electron chi connectivity index (χ3n) is 3.46. The Balaban J connectivity index is 1.73. The zero-order valence-electron chi connectivity index (χ0n) is 13.3. The maximum Gasteiger partial charge on any atom is 0.188 e. The molecular weight excluding hydrogens is 293 g/mol. The van der Waals surface area contributed by atoms with Gasteiger partial charge in [0, 0.05) is 13.1 Å². The van der Waals surface area contributed by atoms with Crippen LogP contribution in [-0.2, 0) is 12.8 Å². The molecule has 0 bridgehead atoms. The molecule has 0 aliphatic rings. The fraction of sp³-hybridized carbons (Fsp3) is 0.278. The van der Waals surface area contributed by atoms with Gasteiger partial charge in [-0.25, -0.2) is 4.39 Å². The molecule has 0 radical (unpaired) electrons. The Morgan fingerprint density at radius 2 is 1.91 bits per heavy atom. The van der Waals surface area contributed by atoms with Crippen LogP contribution in [0.25, 0.3) is 0 Å². The molecule has 23 heavy (non-hydrogen) atoms. The number of halogens is 1. The van der Waals surface area contributed by atoms with Crippen molar-refractivity contribution in [1.29, 1.82) is 0 Å². The quantitative estimate of drug-likeness (QED) is 0.610. The molecule has 0 heterocycles. The Bertz CT molecular complexity index is 644. The zero-order valence-corrected chi connectivity index (χ0v) is 13.3. The van der Waals surface area contributed by atoms with Gasteiger partial charge in [-0.15, -0.1) is 0 Å². The SMILES string of the molecule is COc1cc(CCNC(N)=NCCc2ccccc2)ccc1F. The minimum absolute atomic E-state index is 0.256. The molecule has 3 N–H and O–H groups in total. The molecule has 2 aromatic carbocycles. The van der Waals surface area contributed by atoms with Crippen LogP contribution in [0.15, 0.2) is 53.5 Å². The molecule has 2 aromatic rings. The van der Waals surface area contributed by atoms with Crippen LogP contribution in [0.2, 0.25) is 0 Å². The van der Waals surface area contributed by atoms with Crippen LogP contribution >= 0.6 is 0 Å². The predicted octanol–water partition coefficient (Wildman–Crippen LogP) is 2.52. The van der Waals surface area contributed by atoms with Crippen molar-refractivity contribution in [3.8, 4) is 5.75 Å². The van der Waals surface area contributed by atoms with Crippen molar-refractivity contribution in [2.45, 2.75) is 12.8 Å². The fourth-order valence-corrected chi connectivity index (χ4v) is 2.20. The van der Waals surface area contributed by atoms with Crippen molar-refractivity contribution in [3.63, 3.8) is 0 Å². The summed E-state index contributed by atoms with van der Waals surface area (Å²) in [6.45, 7) is 1.28. The summed E-state index contributed by atoms with van der Waals surface area (Å²) in [7, 11) is 1.46. The van der Waals surface area contributed by atoms with E-state index in [1.54, 1.807) is 12.1 Å². The third kappa shape index (κ3) is 5.62. The molecule has 2 rings (SSSR count). The van der Waals surface area contributed by atoms with Crippen LogP contribution < -0.4 is 15.8 Å². The first-order valence-corrected chi connectivity index (χ1v) is 7.59. The molecule has 4 nitrogen and oxygen atoms in total. The second-order valence-corrected chi connectivity index (χ2v) is 5.15. The summed E-state index contributed by atoms with van der Waals surface area (Å²) in [6.07, 6.45) is 1.57. The van der Waals surface area contributed by atoms with Gasteiger partial charge in [-0.05, 0) is 36.1 Å². The molecule has 0 aromatic heterocycles. The number of hydrogen-bond donors (Lipinski definition) is 2. The summed E-state index contributed by atoms with van der Waals surface area (Å²) in [5.74, 6) is 0.327. The van der Waals surface area contributed by atoms with Gasteiger partial charge in [0.1, 0.15) is 0 Å². The summed E-state index contributed by atoms with van der Waals surface area (Å²) in [6, 6.07) is 15.0. The summed E-state index contributed by atoms with van der Waals surface area (Å²) in [4.78, 5) is 4.30. The highest BCUT2D eigenvalue weighted by Crippen LogP contribution is 2.18.